The third-order valence-corrected chi connectivity index (χ3v) is 7.31. The molecular formula is C28H26N6O5S. The van der Waals surface area contributed by atoms with E-state index in [4.69, 9.17) is 4.42 Å². The number of hydrogen-bond acceptors (Lipinski definition) is 9. The maximum atomic E-state index is 12.9. The van der Waals surface area contributed by atoms with Gasteiger partial charge in [0.25, 0.3) is 16.8 Å². The van der Waals surface area contributed by atoms with Gasteiger partial charge in [-0.2, -0.15) is 0 Å². The molecular weight excluding hydrogens is 532 g/mol. The Morgan fingerprint density at radius 1 is 1.00 bits per heavy atom. The molecule has 3 aromatic carbocycles. The van der Waals surface area contributed by atoms with Crippen LogP contribution in [0.15, 0.2) is 82.4 Å². The number of piperazine rings is 1. The van der Waals surface area contributed by atoms with Crippen molar-refractivity contribution < 1.29 is 18.9 Å². The van der Waals surface area contributed by atoms with Crippen molar-refractivity contribution in [2.45, 2.75) is 12.1 Å². The van der Waals surface area contributed by atoms with E-state index in [2.05, 4.69) is 20.4 Å². The van der Waals surface area contributed by atoms with Crippen molar-refractivity contribution in [3.05, 3.63) is 94.0 Å². The molecule has 1 aromatic heterocycles. The minimum absolute atomic E-state index is 0.0508. The summed E-state index contributed by atoms with van der Waals surface area (Å²) in [5, 5.41) is 21.8. The Kier molecular flexibility index (Phi) is 8.06. The number of amides is 2. The summed E-state index contributed by atoms with van der Waals surface area (Å²) in [6.07, 6.45) is 0. The van der Waals surface area contributed by atoms with Gasteiger partial charge in [-0.15, -0.1) is 10.2 Å². The van der Waals surface area contributed by atoms with E-state index in [9.17, 15) is 19.7 Å². The smallest absolute Gasteiger partial charge is 0.277 e. The molecule has 0 aliphatic carbocycles. The fourth-order valence-corrected chi connectivity index (χ4v) is 4.93. The molecule has 0 atom stereocenters. The van der Waals surface area contributed by atoms with E-state index in [-0.39, 0.29) is 34.4 Å². The van der Waals surface area contributed by atoms with Gasteiger partial charge in [0.05, 0.1) is 10.7 Å². The summed E-state index contributed by atoms with van der Waals surface area (Å²) in [5.41, 5.74) is 3.76. The lowest BCUT2D eigenvalue weighted by molar-refractivity contribution is -0.384. The van der Waals surface area contributed by atoms with Crippen LogP contribution in [0.5, 0.6) is 0 Å². The number of anilines is 2. The Hall–Kier alpha value is -4.71. The van der Waals surface area contributed by atoms with Crippen LogP contribution in [0.1, 0.15) is 15.9 Å². The van der Waals surface area contributed by atoms with Crippen LogP contribution in [0.2, 0.25) is 0 Å². The first-order valence-electron chi connectivity index (χ1n) is 12.6. The van der Waals surface area contributed by atoms with E-state index in [1.54, 1.807) is 6.07 Å². The molecule has 11 nitrogen and oxygen atoms in total. The summed E-state index contributed by atoms with van der Waals surface area (Å²) in [6.45, 7) is 4.68. The lowest BCUT2D eigenvalue weighted by atomic mass is 10.1. The van der Waals surface area contributed by atoms with Crippen molar-refractivity contribution in [1.82, 2.24) is 15.1 Å². The number of nitro groups is 1. The lowest BCUT2D eigenvalue weighted by Gasteiger charge is -2.36. The van der Waals surface area contributed by atoms with Gasteiger partial charge in [-0.05, 0) is 48.9 Å². The Balaban J connectivity index is 1.10. The maximum absolute atomic E-state index is 12.9. The number of carbonyl (C=O) groups excluding carboxylic acids is 2. The van der Waals surface area contributed by atoms with Gasteiger partial charge in [0.15, 0.2) is 0 Å². The molecule has 0 radical (unpaired) electrons. The molecule has 2 amide bonds. The second kappa shape index (κ2) is 12.0. The summed E-state index contributed by atoms with van der Waals surface area (Å²) in [5.74, 6) is 0.0167. The molecule has 0 saturated carbocycles. The Morgan fingerprint density at radius 2 is 1.75 bits per heavy atom. The molecule has 2 heterocycles. The number of nitrogens with one attached hydrogen (secondary N) is 1. The molecule has 204 valence electrons. The number of carbonyl (C=O) groups is 2. The average molecular weight is 559 g/mol. The summed E-state index contributed by atoms with van der Waals surface area (Å²) in [7, 11) is 0. The van der Waals surface area contributed by atoms with Gasteiger partial charge in [-0.25, -0.2) is 0 Å². The zero-order valence-corrected chi connectivity index (χ0v) is 22.5. The molecule has 0 bridgehead atoms. The molecule has 1 aliphatic heterocycles. The van der Waals surface area contributed by atoms with Crippen molar-refractivity contribution in [1.29, 1.82) is 0 Å². The zero-order valence-electron chi connectivity index (χ0n) is 21.6. The topological polar surface area (TPSA) is 135 Å². The molecule has 5 rings (SSSR count). The van der Waals surface area contributed by atoms with Gasteiger partial charge in [0.2, 0.25) is 11.8 Å². The number of non-ortho nitro benzene ring substituents is 1. The molecule has 0 unspecified atom stereocenters. The molecule has 1 aliphatic rings. The highest BCUT2D eigenvalue weighted by atomic mass is 32.2. The van der Waals surface area contributed by atoms with Gasteiger partial charge in [0, 0.05) is 60.8 Å². The molecule has 12 heteroatoms. The molecule has 4 aromatic rings. The lowest BCUT2D eigenvalue weighted by Crippen LogP contribution is -2.48. The van der Waals surface area contributed by atoms with Gasteiger partial charge in [0.1, 0.15) is 0 Å². The summed E-state index contributed by atoms with van der Waals surface area (Å²) in [6, 6.07) is 21.1. The minimum Gasteiger partial charge on any atom is -0.411 e. The largest absolute Gasteiger partial charge is 0.411 e. The predicted molar refractivity (Wildman–Crippen MR) is 151 cm³/mol. The molecule has 40 heavy (non-hydrogen) atoms. The first-order valence-corrected chi connectivity index (χ1v) is 13.6. The number of nitrogens with zero attached hydrogens (tertiary/aromatic N) is 5. The summed E-state index contributed by atoms with van der Waals surface area (Å²) < 4.78 is 5.55. The van der Waals surface area contributed by atoms with Crippen molar-refractivity contribution >= 4 is 40.6 Å². The van der Waals surface area contributed by atoms with Crippen LogP contribution in [-0.2, 0) is 4.79 Å². The second-order valence-electron chi connectivity index (χ2n) is 9.16. The standard InChI is InChI=1S/C28H26N6O5S/c1-19-5-2-3-8-24(19)27(36)33-15-13-32(14-16-33)22-11-9-21(10-12-22)29-25(35)18-40-28-31-30-26(39-28)20-6-4-7-23(17-20)34(37)38/h2-12,17H,13-16,18H2,1H3,(H,29,35). The number of rotatable bonds is 8. The zero-order chi connectivity index (χ0) is 28.1. The number of aryl methyl sites for hydroxylation is 1. The van der Waals surface area contributed by atoms with E-state index in [0.29, 0.717) is 24.3 Å². The van der Waals surface area contributed by atoms with Crippen molar-refractivity contribution in [2.75, 3.05) is 42.1 Å². The quantitative estimate of drug-likeness (QED) is 0.186. The Bertz CT molecular complexity index is 1530. The fourth-order valence-electron chi connectivity index (χ4n) is 4.37. The van der Waals surface area contributed by atoms with Crippen molar-refractivity contribution in [3.8, 4) is 11.5 Å². The normalized spacial score (nSPS) is 13.2. The number of benzene rings is 3. The molecule has 1 N–H and O–H groups in total. The molecule has 0 spiro atoms. The fraction of sp³-hybridized carbons (Fsp3) is 0.214. The van der Waals surface area contributed by atoms with E-state index < -0.39 is 4.92 Å². The van der Waals surface area contributed by atoms with Gasteiger partial charge in [-0.1, -0.05) is 36.0 Å². The highest BCUT2D eigenvalue weighted by Gasteiger charge is 2.23. The summed E-state index contributed by atoms with van der Waals surface area (Å²) in [4.78, 5) is 39.9. The minimum atomic E-state index is -0.498. The van der Waals surface area contributed by atoms with Crippen molar-refractivity contribution in [2.24, 2.45) is 0 Å². The van der Waals surface area contributed by atoms with E-state index in [1.165, 1.54) is 18.2 Å². The van der Waals surface area contributed by atoms with Crippen LogP contribution in [0.3, 0.4) is 0 Å². The number of nitro benzene ring substituents is 1. The number of aromatic nitrogens is 2. The van der Waals surface area contributed by atoms with Crippen LogP contribution in [0.4, 0.5) is 17.1 Å². The average Bonchev–Trinajstić information content (AvgIpc) is 3.46. The first kappa shape index (κ1) is 26.9. The third-order valence-electron chi connectivity index (χ3n) is 6.50. The number of hydrogen-bond donors (Lipinski definition) is 1. The highest BCUT2D eigenvalue weighted by molar-refractivity contribution is 7.99. The second-order valence-corrected chi connectivity index (χ2v) is 10.1. The van der Waals surface area contributed by atoms with Crippen LogP contribution in [0.25, 0.3) is 11.5 Å². The predicted octanol–water partition coefficient (Wildman–Crippen LogP) is 4.65. The van der Waals surface area contributed by atoms with Gasteiger partial charge < -0.3 is 19.5 Å². The Morgan fingerprint density at radius 3 is 2.48 bits per heavy atom. The Labute approximate surface area is 234 Å². The van der Waals surface area contributed by atoms with Crippen LogP contribution >= 0.6 is 11.8 Å². The van der Waals surface area contributed by atoms with Crippen LogP contribution in [-0.4, -0.2) is 63.8 Å². The summed E-state index contributed by atoms with van der Waals surface area (Å²) >= 11 is 1.07. The third kappa shape index (κ3) is 6.29. The SMILES string of the molecule is Cc1ccccc1C(=O)N1CCN(c2ccc(NC(=O)CSc3nnc(-c4cccc([N+](=O)[O-])c4)o3)cc2)CC1. The van der Waals surface area contributed by atoms with Gasteiger partial charge in [-0.3, -0.25) is 19.7 Å². The maximum Gasteiger partial charge on any atom is 0.277 e. The monoisotopic (exact) mass is 558 g/mol. The van der Waals surface area contributed by atoms with E-state index in [0.717, 1.165) is 41.7 Å². The van der Waals surface area contributed by atoms with E-state index >= 15 is 0 Å². The number of thioether (sulfide) groups is 1. The molecule has 1 fully saturated rings. The van der Waals surface area contributed by atoms with Crippen LogP contribution < -0.4 is 10.2 Å². The molecule has 1 saturated heterocycles. The first-order chi connectivity index (χ1) is 19.4. The highest BCUT2D eigenvalue weighted by Crippen LogP contribution is 2.26. The van der Waals surface area contributed by atoms with Crippen molar-refractivity contribution in [3.63, 3.8) is 0 Å². The van der Waals surface area contributed by atoms with E-state index in [1.807, 2.05) is 60.4 Å². The van der Waals surface area contributed by atoms with Gasteiger partial charge >= 0.3 is 0 Å². The van der Waals surface area contributed by atoms with Crippen LogP contribution in [0, 0.1) is 17.0 Å².